The van der Waals surface area contributed by atoms with Crippen molar-refractivity contribution in [1.29, 1.82) is 0 Å². The largest absolute Gasteiger partial charge is 0.493 e. The van der Waals surface area contributed by atoms with E-state index in [0.29, 0.717) is 12.1 Å². The van der Waals surface area contributed by atoms with Crippen molar-refractivity contribution >= 4 is 11.6 Å². The molecule has 0 bridgehead atoms. The lowest BCUT2D eigenvalue weighted by atomic mass is 10.1. The van der Waals surface area contributed by atoms with E-state index in [-0.39, 0.29) is 23.3 Å². The highest BCUT2D eigenvalue weighted by molar-refractivity contribution is 5.91. The standard InChI is InChI=1S/C15H17F2NO3/c1-20-12-7-6-11(9-13(12)21-15(16)17)18-14(19)8-10-4-2-3-5-10/h2,4,6-7,9-10,15H,3,5,8H2,1H3,(H,18,19)/t10-/m1/s1. The minimum Gasteiger partial charge on any atom is -0.493 e. The van der Waals surface area contributed by atoms with Crippen LogP contribution in [0.4, 0.5) is 14.5 Å². The number of hydrogen-bond donors (Lipinski definition) is 1. The van der Waals surface area contributed by atoms with E-state index in [1.54, 1.807) is 6.07 Å². The van der Waals surface area contributed by atoms with E-state index in [9.17, 15) is 13.6 Å². The summed E-state index contributed by atoms with van der Waals surface area (Å²) in [6, 6.07) is 4.38. The van der Waals surface area contributed by atoms with Crippen LogP contribution in [0.1, 0.15) is 19.3 Å². The molecule has 0 fully saturated rings. The fourth-order valence-electron chi connectivity index (χ4n) is 2.26. The molecule has 1 aromatic rings. The van der Waals surface area contributed by atoms with E-state index < -0.39 is 6.61 Å². The van der Waals surface area contributed by atoms with E-state index in [2.05, 4.69) is 16.1 Å². The molecule has 0 aromatic heterocycles. The molecule has 0 saturated heterocycles. The van der Waals surface area contributed by atoms with Crippen LogP contribution in [0, 0.1) is 5.92 Å². The van der Waals surface area contributed by atoms with Crippen LogP contribution in [0.3, 0.4) is 0 Å². The average Bonchev–Trinajstić information content (AvgIpc) is 2.91. The van der Waals surface area contributed by atoms with Crippen molar-refractivity contribution in [2.24, 2.45) is 5.92 Å². The van der Waals surface area contributed by atoms with Crippen LogP contribution >= 0.6 is 0 Å². The molecule has 114 valence electrons. The van der Waals surface area contributed by atoms with Gasteiger partial charge in [0.1, 0.15) is 0 Å². The minimum atomic E-state index is -2.95. The number of carbonyl (C=O) groups is 1. The van der Waals surface area contributed by atoms with Gasteiger partial charge >= 0.3 is 6.61 Å². The molecule has 1 aliphatic carbocycles. The number of carbonyl (C=O) groups excluding carboxylic acids is 1. The Balaban J connectivity index is 2.01. The van der Waals surface area contributed by atoms with Crippen LogP contribution in [0.2, 0.25) is 0 Å². The van der Waals surface area contributed by atoms with Gasteiger partial charge in [-0.05, 0) is 30.9 Å². The smallest absolute Gasteiger partial charge is 0.387 e. The molecule has 1 N–H and O–H groups in total. The van der Waals surface area contributed by atoms with Gasteiger partial charge in [0.15, 0.2) is 11.5 Å². The van der Waals surface area contributed by atoms with Crippen LogP contribution in [0.15, 0.2) is 30.4 Å². The zero-order valence-electron chi connectivity index (χ0n) is 11.6. The summed E-state index contributed by atoms with van der Waals surface area (Å²) < 4.78 is 34.0. The molecule has 2 rings (SSSR count). The van der Waals surface area contributed by atoms with Gasteiger partial charge in [0.2, 0.25) is 5.91 Å². The summed E-state index contributed by atoms with van der Waals surface area (Å²) in [4.78, 5) is 11.9. The lowest BCUT2D eigenvalue weighted by Gasteiger charge is -2.13. The Kier molecular flexibility index (Phi) is 5.14. The molecule has 0 heterocycles. The highest BCUT2D eigenvalue weighted by Crippen LogP contribution is 2.31. The summed E-state index contributed by atoms with van der Waals surface area (Å²) >= 11 is 0. The number of rotatable bonds is 6. The number of benzene rings is 1. The Hall–Kier alpha value is -2.11. The first-order valence-corrected chi connectivity index (χ1v) is 6.68. The van der Waals surface area contributed by atoms with E-state index in [1.165, 1.54) is 19.2 Å². The Bertz CT molecular complexity index is 532. The van der Waals surface area contributed by atoms with Gasteiger partial charge in [0.25, 0.3) is 0 Å². The number of ether oxygens (including phenoxy) is 2. The molecule has 21 heavy (non-hydrogen) atoms. The number of nitrogens with one attached hydrogen (secondary N) is 1. The first-order chi connectivity index (χ1) is 10.1. The zero-order chi connectivity index (χ0) is 15.2. The Labute approximate surface area is 121 Å². The molecule has 0 saturated carbocycles. The Morgan fingerprint density at radius 2 is 2.24 bits per heavy atom. The third-order valence-electron chi connectivity index (χ3n) is 3.22. The van der Waals surface area contributed by atoms with Crippen molar-refractivity contribution in [2.45, 2.75) is 25.9 Å². The van der Waals surface area contributed by atoms with Crippen molar-refractivity contribution < 1.29 is 23.0 Å². The SMILES string of the molecule is COc1ccc(NC(=O)C[C@@H]2C=CCC2)cc1OC(F)F. The number of amides is 1. The summed E-state index contributed by atoms with van der Waals surface area (Å²) in [5.41, 5.74) is 0.401. The van der Waals surface area contributed by atoms with Crippen LogP contribution < -0.4 is 14.8 Å². The summed E-state index contributed by atoms with van der Waals surface area (Å²) in [6.45, 7) is -2.95. The molecule has 0 aliphatic heterocycles. The first kappa shape index (κ1) is 15.3. The second-order valence-electron chi connectivity index (χ2n) is 4.76. The third kappa shape index (κ3) is 4.44. The lowest BCUT2D eigenvalue weighted by molar-refractivity contribution is -0.116. The van der Waals surface area contributed by atoms with Gasteiger partial charge in [0.05, 0.1) is 7.11 Å². The fraction of sp³-hybridized carbons (Fsp3) is 0.400. The summed E-state index contributed by atoms with van der Waals surface area (Å²) in [5.74, 6) is 0.179. The predicted octanol–water partition coefficient (Wildman–Crippen LogP) is 3.59. The van der Waals surface area contributed by atoms with Gasteiger partial charge in [-0.25, -0.2) is 0 Å². The number of anilines is 1. The van der Waals surface area contributed by atoms with Crippen LogP contribution in [0.5, 0.6) is 11.5 Å². The number of alkyl halides is 2. The number of allylic oxidation sites excluding steroid dienone is 2. The highest BCUT2D eigenvalue weighted by Gasteiger charge is 2.16. The van der Waals surface area contributed by atoms with E-state index in [1.807, 2.05) is 6.08 Å². The van der Waals surface area contributed by atoms with Crippen molar-refractivity contribution in [2.75, 3.05) is 12.4 Å². The summed E-state index contributed by atoms with van der Waals surface area (Å²) in [5, 5.41) is 2.68. The molecule has 0 radical (unpaired) electrons. The molecule has 4 nitrogen and oxygen atoms in total. The number of hydrogen-bond acceptors (Lipinski definition) is 3. The molecule has 1 amide bonds. The number of methoxy groups -OCH3 is 1. The molecule has 1 atom stereocenters. The van der Waals surface area contributed by atoms with E-state index in [0.717, 1.165) is 12.8 Å². The summed E-state index contributed by atoms with van der Waals surface area (Å²) in [7, 11) is 1.36. The quantitative estimate of drug-likeness (QED) is 0.816. The van der Waals surface area contributed by atoms with Crippen molar-refractivity contribution in [3.8, 4) is 11.5 Å². The molecule has 1 aliphatic rings. The normalized spacial score (nSPS) is 17.0. The molecule has 0 spiro atoms. The van der Waals surface area contributed by atoms with Crippen LogP contribution in [-0.4, -0.2) is 19.6 Å². The van der Waals surface area contributed by atoms with Crippen molar-refractivity contribution in [3.05, 3.63) is 30.4 Å². The molecule has 6 heteroatoms. The van der Waals surface area contributed by atoms with Gasteiger partial charge in [-0.2, -0.15) is 8.78 Å². The van der Waals surface area contributed by atoms with Gasteiger partial charge in [0, 0.05) is 18.2 Å². The minimum absolute atomic E-state index is 0.105. The average molecular weight is 297 g/mol. The topological polar surface area (TPSA) is 47.6 Å². The van der Waals surface area contributed by atoms with Crippen molar-refractivity contribution in [3.63, 3.8) is 0 Å². The van der Waals surface area contributed by atoms with E-state index in [4.69, 9.17) is 4.74 Å². The summed E-state index contributed by atoms with van der Waals surface area (Å²) in [6.07, 6.45) is 6.43. The third-order valence-corrected chi connectivity index (χ3v) is 3.22. The van der Waals surface area contributed by atoms with Gasteiger partial charge < -0.3 is 14.8 Å². The monoisotopic (exact) mass is 297 g/mol. The predicted molar refractivity (Wildman–Crippen MR) is 74.7 cm³/mol. The van der Waals surface area contributed by atoms with Crippen LogP contribution in [0.25, 0.3) is 0 Å². The second-order valence-corrected chi connectivity index (χ2v) is 4.76. The van der Waals surface area contributed by atoms with Crippen LogP contribution in [-0.2, 0) is 4.79 Å². The maximum absolute atomic E-state index is 12.3. The maximum Gasteiger partial charge on any atom is 0.387 e. The van der Waals surface area contributed by atoms with Gasteiger partial charge in [-0.1, -0.05) is 12.2 Å². The lowest BCUT2D eigenvalue weighted by Crippen LogP contribution is -2.15. The molecular formula is C15H17F2NO3. The number of halogens is 2. The fourth-order valence-corrected chi connectivity index (χ4v) is 2.26. The maximum atomic E-state index is 12.3. The Morgan fingerprint density at radius 1 is 1.43 bits per heavy atom. The van der Waals surface area contributed by atoms with Gasteiger partial charge in [-0.15, -0.1) is 0 Å². The zero-order valence-corrected chi connectivity index (χ0v) is 11.6. The van der Waals surface area contributed by atoms with Gasteiger partial charge in [-0.3, -0.25) is 4.79 Å². The molecular weight excluding hydrogens is 280 g/mol. The Morgan fingerprint density at radius 3 is 2.86 bits per heavy atom. The van der Waals surface area contributed by atoms with E-state index >= 15 is 0 Å². The molecule has 0 unspecified atom stereocenters. The second kappa shape index (κ2) is 7.06. The molecule has 1 aromatic carbocycles. The van der Waals surface area contributed by atoms with Crippen molar-refractivity contribution in [1.82, 2.24) is 0 Å². The highest BCUT2D eigenvalue weighted by atomic mass is 19.3. The first-order valence-electron chi connectivity index (χ1n) is 6.68.